The average Bonchev–Trinajstić information content (AvgIpc) is 3.45. The summed E-state index contributed by atoms with van der Waals surface area (Å²) in [5.74, 6) is 1.69. The van der Waals surface area contributed by atoms with Crippen LogP contribution in [0.25, 0.3) is 33.5 Å². The van der Waals surface area contributed by atoms with Gasteiger partial charge >= 0.3 is 0 Å². The molecule has 4 heterocycles. The molecule has 2 fully saturated rings. The Morgan fingerprint density at radius 3 is 2.57 bits per heavy atom. The zero-order valence-electron chi connectivity index (χ0n) is 26.9. The highest BCUT2D eigenvalue weighted by molar-refractivity contribution is 6.31. The Labute approximate surface area is 274 Å². The normalized spacial score (nSPS) is 16.2. The second-order valence-corrected chi connectivity index (χ2v) is 13.3. The summed E-state index contributed by atoms with van der Waals surface area (Å²) in [7, 11) is 0. The van der Waals surface area contributed by atoms with Crippen LogP contribution >= 0.6 is 11.6 Å². The quantitative estimate of drug-likeness (QED) is 0.214. The van der Waals surface area contributed by atoms with Gasteiger partial charge in [-0.2, -0.15) is 0 Å². The van der Waals surface area contributed by atoms with E-state index >= 15 is 0 Å². The molecule has 2 aliphatic heterocycles. The molecule has 0 bridgehead atoms. The lowest BCUT2D eigenvalue weighted by atomic mass is 9.96. The van der Waals surface area contributed by atoms with Crippen molar-refractivity contribution in [2.24, 2.45) is 11.7 Å². The molecule has 244 valence electrons. The number of piperidine rings is 1. The number of pyridine rings is 1. The second kappa shape index (κ2) is 13.9. The average molecular weight is 648 g/mol. The number of halogens is 2. The number of aromatic nitrogens is 3. The number of imidazole rings is 1. The Kier molecular flexibility index (Phi) is 9.77. The molecule has 0 spiro atoms. The van der Waals surface area contributed by atoms with E-state index in [4.69, 9.17) is 32.0 Å². The molecule has 11 heteroatoms. The van der Waals surface area contributed by atoms with E-state index in [2.05, 4.69) is 28.6 Å². The van der Waals surface area contributed by atoms with Gasteiger partial charge in [-0.3, -0.25) is 4.79 Å². The molecule has 3 N–H and O–H groups in total. The molecule has 2 aromatic carbocycles. The Morgan fingerprint density at radius 2 is 1.85 bits per heavy atom. The first-order valence-corrected chi connectivity index (χ1v) is 16.6. The van der Waals surface area contributed by atoms with E-state index in [-0.39, 0.29) is 17.8 Å². The van der Waals surface area contributed by atoms with Crippen LogP contribution in [0, 0.1) is 18.7 Å². The number of aryl methyl sites for hydroxylation is 1. The van der Waals surface area contributed by atoms with Gasteiger partial charge in [0, 0.05) is 68.7 Å². The number of aromatic amines is 1. The highest BCUT2D eigenvalue weighted by Crippen LogP contribution is 2.45. The first kappa shape index (κ1) is 32.2. The molecule has 4 aromatic rings. The summed E-state index contributed by atoms with van der Waals surface area (Å²) in [6.07, 6.45) is 3.92. The predicted molar refractivity (Wildman–Crippen MR) is 183 cm³/mol. The van der Waals surface area contributed by atoms with Crippen molar-refractivity contribution in [3.05, 3.63) is 59.0 Å². The van der Waals surface area contributed by atoms with Crippen LogP contribution in [0.1, 0.15) is 38.7 Å². The van der Waals surface area contributed by atoms with Crippen LogP contribution in [0.4, 0.5) is 15.9 Å². The van der Waals surface area contributed by atoms with Gasteiger partial charge in [0.2, 0.25) is 5.91 Å². The minimum atomic E-state index is -0.291. The Morgan fingerprint density at radius 1 is 1.09 bits per heavy atom. The summed E-state index contributed by atoms with van der Waals surface area (Å²) < 4.78 is 20.5. The van der Waals surface area contributed by atoms with Crippen LogP contribution in [0.5, 0.6) is 0 Å². The van der Waals surface area contributed by atoms with Crippen LogP contribution in [0.2, 0.25) is 5.02 Å². The third kappa shape index (κ3) is 7.14. The largest absolute Gasteiger partial charge is 0.381 e. The Bertz CT molecular complexity index is 1670. The van der Waals surface area contributed by atoms with Gasteiger partial charge < -0.3 is 30.2 Å². The van der Waals surface area contributed by atoms with E-state index < -0.39 is 0 Å². The number of nitrogens with one attached hydrogen (secondary N) is 1. The van der Waals surface area contributed by atoms with Crippen molar-refractivity contribution in [3.63, 3.8) is 0 Å². The summed E-state index contributed by atoms with van der Waals surface area (Å²) in [5.41, 5.74) is 12.2. The van der Waals surface area contributed by atoms with Crippen LogP contribution in [0.15, 0.2) is 42.6 Å². The first-order valence-electron chi connectivity index (χ1n) is 16.2. The van der Waals surface area contributed by atoms with Crippen LogP contribution in [-0.2, 0) is 9.53 Å². The topological polar surface area (TPSA) is 104 Å². The summed E-state index contributed by atoms with van der Waals surface area (Å²) >= 11 is 6.36. The fourth-order valence-corrected chi connectivity index (χ4v) is 6.58. The Hall–Kier alpha value is -3.73. The fraction of sp³-hybridized carbons (Fsp3) is 0.457. The van der Waals surface area contributed by atoms with Gasteiger partial charge in [0.25, 0.3) is 0 Å². The highest BCUT2D eigenvalue weighted by Gasteiger charge is 2.31. The lowest BCUT2D eigenvalue weighted by molar-refractivity contribution is -0.132. The minimum Gasteiger partial charge on any atom is -0.381 e. The predicted octanol–water partition coefficient (Wildman–Crippen LogP) is 6.03. The van der Waals surface area contributed by atoms with Gasteiger partial charge in [0.1, 0.15) is 17.5 Å². The van der Waals surface area contributed by atoms with E-state index in [1.807, 2.05) is 42.3 Å². The minimum absolute atomic E-state index is 0.105. The summed E-state index contributed by atoms with van der Waals surface area (Å²) in [6, 6.07) is 10.8. The van der Waals surface area contributed by atoms with Gasteiger partial charge in [-0.15, -0.1) is 0 Å². The smallest absolute Gasteiger partial charge is 0.225 e. The van der Waals surface area contributed by atoms with E-state index in [9.17, 15) is 9.18 Å². The molecular weight excluding hydrogens is 605 g/mol. The maximum Gasteiger partial charge on any atom is 0.225 e. The molecule has 9 nitrogen and oxygen atoms in total. The number of carbonyl (C=O) groups is 1. The SMILES string of the molecule is Cc1cc(F)cc(-c2cnc(N3CCN(C(=O)CCOCC(C)C)CC3)c(-c3nc4ccc(Cl)cc4[nH]3)c2N2CCC(N)CC2)c1. The van der Waals surface area contributed by atoms with Crippen LogP contribution in [0.3, 0.4) is 0 Å². The second-order valence-electron chi connectivity index (χ2n) is 12.9. The fourth-order valence-electron chi connectivity index (χ4n) is 6.41. The molecule has 1 amide bonds. The first-order chi connectivity index (χ1) is 22.2. The number of rotatable bonds is 9. The molecule has 0 unspecified atom stereocenters. The Balaban J connectivity index is 1.41. The highest BCUT2D eigenvalue weighted by atomic mass is 35.5. The standard InChI is InChI=1S/C35H43ClFN7O2/c1-22(2)21-46-15-8-31(45)42-11-13-44(14-12-42)35-32(34-40-29-5-4-25(36)19-30(29)41-34)33(43-9-6-27(38)7-10-43)28(20-39-35)24-16-23(3)17-26(37)18-24/h4-5,16-20,22,27H,6-15,21,38H2,1-3H3,(H,40,41). The molecule has 0 saturated carbocycles. The molecule has 2 aliphatic rings. The van der Waals surface area contributed by atoms with Crippen molar-refractivity contribution in [1.82, 2.24) is 19.9 Å². The molecule has 0 radical (unpaired) electrons. The number of amides is 1. The molecule has 2 aromatic heterocycles. The van der Waals surface area contributed by atoms with Crippen molar-refractivity contribution in [3.8, 4) is 22.5 Å². The summed E-state index contributed by atoms with van der Waals surface area (Å²) in [5, 5.41) is 0.616. The molecule has 0 aliphatic carbocycles. The molecular formula is C35H43ClFN7O2. The number of piperazine rings is 1. The van der Waals surface area contributed by atoms with Crippen molar-refractivity contribution in [2.75, 3.05) is 62.3 Å². The van der Waals surface area contributed by atoms with Gasteiger partial charge in [-0.25, -0.2) is 14.4 Å². The lowest BCUT2D eigenvalue weighted by Crippen LogP contribution is -2.49. The van der Waals surface area contributed by atoms with Crippen molar-refractivity contribution >= 4 is 40.0 Å². The number of fused-ring (bicyclic) bond motifs is 1. The van der Waals surface area contributed by atoms with Gasteiger partial charge in [0.15, 0.2) is 0 Å². The van der Waals surface area contributed by atoms with Gasteiger partial charge in [-0.1, -0.05) is 31.5 Å². The van der Waals surface area contributed by atoms with Gasteiger partial charge in [-0.05, 0) is 67.1 Å². The number of ether oxygens (including phenoxy) is 1. The van der Waals surface area contributed by atoms with Crippen molar-refractivity contribution in [2.45, 2.75) is 46.1 Å². The number of hydrogen-bond donors (Lipinski definition) is 2. The third-order valence-electron chi connectivity index (χ3n) is 8.76. The molecule has 46 heavy (non-hydrogen) atoms. The molecule has 2 saturated heterocycles. The van der Waals surface area contributed by atoms with Crippen molar-refractivity contribution < 1.29 is 13.9 Å². The number of carbonyl (C=O) groups excluding carboxylic acids is 1. The van der Waals surface area contributed by atoms with E-state index in [0.717, 1.165) is 70.7 Å². The van der Waals surface area contributed by atoms with Crippen molar-refractivity contribution in [1.29, 1.82) is 0 Å². The number of nitrogens with zero attached hydrogens (tertiary/aromatic N) is 5. The lowest BCUT2D eigenvalue weighted by Gasteiger charge is -2.39. The number of nitrogens with two attached hydrogens (primary N) is 1. The third-order valence-corrected chi connectivity index (χ3v) is 9.00. The van der Waals surface area contributed by atoms with E-state index in [1.165, 1.54) is 6.07 Å². The summed E-state index contributed by atoms with van der Waals surface area (Å²) in [6.45, 7) is 11.1. The molecule has 0 atom stereocenters. The van der Waals surface area contributed by atoms with Gasteiger partial charge in [0.05, 0.1) is 35.3 Å². The maximum atomic E-state index is 14.8. The zero-order chi connectivity index (χ0) is 32.4. The maximum absolute atomic E-state index is 14.8. The number of H-pyrrole nitrogens is 1. The van der Waals surface area contributed by atoms with Crippen LogP contribution in [-0.4, -0.2) is 84.3 Å². The zero-order valence-corrected chi connectivity index (χ0v) is 27.6. The summed E-state index contributed by atoms with van der Waals surface area (Å²) in [4.78, 5) is 33.1. The van der Waals surface area contributed by atoms with E-state index in [0.29, 0.717) is 62.6 Å². The van der Waals surface area contributed by atoms with Crippen LogP contribution < -0.4 is 15.5 Å². The van der Waals surface area contributed by atoms with E-state index in [1.54, 1.807) is 6.07 Å². The number of anilines is 2. The molecule has 6 rings (SSSR count). The monoisotopic (exact) mass is 647 g/mol. The number of hydrogen-bond acceptors (Lipinski definition) is 7. The number of benzene rings is 2.